The summed E-state index contributed by atoms with van der Waals surface area (Å²) in [6.45, 7) is 8.37. The Balaban J connectivity index is 1.96. The number of carbonyl (C=O) groups is 1. The van der Waals surface area contributed by atoms with Crippen LogP contribution < -0.4 is 5.32 Å². The summed E-state index contributed by atoms with van der Waals surface area (Å²) in [4.78, 5) is 12.1. The van der Waals surface area contributed by atoms with Gasteiger partial charge in [-0.1, -0.05) is 17.7 Å². The molecule has 1 aromatic carbocycles. The molecule has 1 fully saturated rings. The average Bonchev–Trinajstić information content (AvgIpc) is 2.38. The number of nitrogens with one attached hydrogen (secondary N) is 1. The second-order valence-corrected chi connectivity index (χ2v) is 5.48. The van der Waals surface area contributed by atoms with E-state index in [1.54, 1.807) is 0 Å². The van der Waals surface area contributed by atoms with Crippen LogP contribution in [0.3, 0.4) is 0 Å². The van der Waals surface area contributed by atoms with Crippen molar-refractivity contribution < 1.29 is 9.53 Å². The number of aryl methyl sites for hydroxylation is 3. The van der Waals surface area contributed by atoms with Gasteiger partial charge in [-0.15, -0.1) is 0 Å². The third-order valence-electron chi connectivity index (χ3n) is 3.87. The van der Waals surface area contributed by atoms with Crippen LogP contribution in [0.5, 0.6) is 0 Å². The van der Waals surface area contributed by atoms with Gasteiger partial charge in [-0.05, 0) is 50.3 Å². The van der Waals surface area contributed by atoms with E-state index in [0.29, 0.717) is 19.8 Å². The van der Waals surface area contributed by atoms with Crippen molar-refractivity contribution in [2.75, 3.05) is 13.2 Å². The van der Waals surface area contributed by atoms with Crippen LogP contribution in [-0.4, -0.2) is 19.1 Å². The van der Waals surface area contributed by atoms with Gasteiger partial charge in [0.25, 0.3) is 0 Å². The van der Waals surface area contributed by atoms with E-state index in [4.69, 9.17) is 4.74 Å². The van der Waals surface area contributed by atoms with E-state index in [2.05, 4.69) is 38.2 Å². The average molecular weight is 261 g/mol. The molecule has 19 heavy (non-hydrogen) atoms. The molecule has 0 bridgehead atoms. The highest BCUT2D eigenvalue weighted by atomic mass is 16.5. The minimum absolute atomic E-state index is 0.125. The molecular formula is C16H23NO2. The van der Waals surface area contributed by atoms with Gasteiger partial charge < -0.3 is 10.1 Å². The number of benzene rings is 1. The Labute approximate surface area is 115 Å². The molecule has 2 rings (SSSR count). The van der Waals surface area contributed by atoms with E-state index in [9.17, 15) is 4.79 Å². The number of rotatable bonds is 3. The van der Waals surface area contributed by atoms with Gasteiger partial charge in [0.2, 0.25) is 5.91 Å². The van der Waals surface area contributed by atoms with Gasteiger partial charge in [-0.3, -0.25) is 4.79 Å². The number of hydrogen-bond donors (Lipinski definition) is 1. The van der Waals surface area contributed by atoms with Crippen LogP contribution in [0.25, 0.3) is 0 Å². The van der Waals surface area contributed by atoms with Crippen molar-refractivity contribution in [3.05, 3.63) is 34.4 Å². The minimum Gasteiger partial charge on any atom is -0.381 e. The van der Waals surface area contributed by atoms with E-state index in [-0.39, 0.29) is 11.8 Å². The van der Waals surface area contributed by atoms with Gasteiger partial charge in [0.15, 0.2) is 0 Å². The van der Waals surface area contributed by atoms with Crippen LogP contribution in [0.1, 0.15) is 35.1 Å². The Morgan fingerprint density at radius 2 is 1.79 bits per heavy atom. The lowest BCUT2D eigenvalue weighted by atomic mass is 9.97. The predicted octanol–water partition coefficient (Wildman–Crippen LogP) is 2.65. The van der Waals surface area contributed by atoms with E-state index in [1.165, 1.54) is 22.3 Å². The van der Waals surface area contributed by atoms with Gasteiger partial charge in [-0.2, -0.15) is 0 Å². The highest BCUT2D eigenvalue weighted by Gasteiger charge is 2.21. The molecule has 1 aliphatic rings. The maximum absolute atomic E-state index is 12.1. The highest BCUT2D eigenvalue weighted by Crippen LogP contribution is 2.18. The third kappa shape index (κ3) is 3.57. The van der Waals surface area contributed by atoms with Crippen LogP contribution in [0.4, 0.5) is 0 Å². The zero-order chi connectivity index (χ0) is 13.8. The zero-order valence-electron chi connectivity index (χ0n) is 12.1. The van der Waals surface area contributed by atoms with E-state index < -0.39 is 0 Å². The summed E-state index contributed by atoms with van der Waals surface area (Å²) in [6.07, 6.45) is 1.69. The van der Waals surface area contributed by atoms with Crippen molar-refractivity contribution in [2.24, 2.45) is 5.92 Å². The smallest absolute Gasteiger partial charge is 0.223 e. The Morgan fingerprint density at radius 1 is 1.21 bits per heavy atom. The van der Waals surface area contributed by atoms with Gasteiger partial charge in [0, 0.05) is 25.7 Å². The first-order valence-corrected chi connectivity index (χ1v) is 7.00. The van der Waals surface area contributed by atoms with Gasteiger partial charge >= 0.3 is 0 Å². The van der Waals surface area contributed by atoms with Gasteiger partial charge in [0.05, 0.1) is 0 Å². The molecule has 1 aromatic rings. The molecule has 0 spiro atoms. The molecule has 1 amide bonds. The van der Waals surface area contributed by atoms with Crippen molar-refractivity contribution >= 4 is 5.91 Å². The summed E-state index contributed by atoms with van der Waals surface area (Å²) < 4.78 is 5.28. The lowest BCUT2D eigenvalue weighted by molar-refractivity contribution is -0.128. The molecule has 1 N–H and O–H groups in total. The number of hydrogen-bond acceptors (Lipinski definition) is 2. The van der Waals surface area contributed by atoms with Crippen LogP contribution in [0.2, 0.25) is 0 Å². The van der Waals surface area contributed by atoms with Crippen molar-refractivity contribution in [2.45, 2.75) is 40.2 Å². The topological polar surface area (TPSA) is 38.3 Å². The highest BCUT2D eigenvalue weighted by molar-refractivity contribution is 5.78. The van der Waals surface area contributed by atoms with Crippen LogP contribution in [0, 0.1) is 26.7 Å². The van der Waals surface area contributed by atoms with Crippen LogP contribution in [0.15, 0.2) is 12.1 Å². The van der Waals surface area contributed by atoms with E-state index >= 15 is 0 Å². The standard InChI is InChI=1S/C16H23NO2/c1-11-8-12(2)15(13(3)9-11)10-17-16(18)14-4-6-19-7-5-14/h8-9,14H,4-7,10H2,1-3H3,(H,17,18). The fourth-order valence-electron chi connectivity index (χ4n) is 2.77. The maximum atomic E-state index is 12.1. The fourth-order valence-corrected chi connectivity index (χ4v) is 2.77. The van der Waals surface area contributed by atoms with Crippen LogP contribution >= 0.6 is 0 Å². The molecule has 0 aromatic heterocycles. The molecule has 3 nitrogen and oxygen atoms in total. The second kappa shape index (κ2) is 6.20. The largest absolute Gasteiger partial charge is 0.381 e. The monoisotopic (exact) mass is 261 g/mol. The molecule has 104 valence electrons. The number of carbonyl (C=O) groups excluding carboxylic acids is 1. The minimum atomic E-state index is 0.125. The van der Waals surface area contributed by atoms with Crippen molar-refractivity contribution in [1.29, 1.82) is 0 Å². The molecule has 1 saturated heterocycles. The molecule has 3 heteroatoms. The van der Waals surface area contributed by atoms with Gasteiger partial charge in [0.1, 0.15) is 0 Å². The predicted molar refractivity (Wildman–Crippen MR) is 76.0 cm³/mol. The Bertz CT molecular complexity index is 439. The summed E-state index contributed by atoms with van der Waals surface area (Å²) in [6, 6.07) is 4.34. The SMILES string of the molecule is Cc1cc(C)c(CNC(=O)C2CCOCC2)c(C)c1. The number of ether oxygens (including phenoxy) is 1. The molecule has 1 aliphatic heterocycles. The summed E-state index contributed by atoms with van der Waals surface area (Å²) in [7, 11) is 0. The summed E-state index contributed by atoms with van der Waals surface area (Å²) >= 11 is 0. The molecule has 0 saturated carbocycles. The second-order valence-electron chi connectivity index (χ2n) is 5.48. The van der Waals surface area contributed by atoms with E-state index in [0.717, 1.165) is 12.8 Å². The summed E-state index contributed by atoms with van der Waals surface area (Å²) in [5.74, 6) is 0.294. The number of amides is 1. The Hall–Kier alpha value is -1.35. The first kappa shape index (κ1) is 14.1. The third-order valence-corrected chi connectivity index (χ3v) is 3.87. The molecular weight excluding hydrogens is 238 g/mol. The normalized spacial score (nSPS) is 16.4. The molecule has 0 radical (unpaired) electrons. The van der Waals surface area contributed by atoms with Crippen molar-refractivity contribution in [1.82, 2.24) is 5.32 Å². The van der Waals surface area contributed by atoms with Crippen molar-refractivity contribution in [3.8, 4) is 0 Å². The molecule has 0 unspecified atom stereocenters. The summed E-state index contributed by atoms with van der Waals surface area (Å²) in [5.41, 5.74) is 5.02. The molecule has 0 atom stereocenters. The zero-order valence-corrected chi connectivity index (χ0v) is 12.1. The lowest BCUT2D eigenvalue weighted by Crippen LogP contribution is -2.34. The molecule has 1 heterocycles. The van der Waals surface area contributed by atoms with Crippen LogP contribution in [-0.2, 0) is 16.1 Å². The first-order valence-electron chi connectivity index (χ1n) is 7.00. The van der Waals surface area contributed by atoms with E-state index in [1.807, 2.05) is 0 Å². The first-order chi connectivity index (χ1) is 9.08. The lowest BCUT2D eigenvalue weighted by Gasteiger charge is -2.21. The Morgan fingerprint density at radius 3 is 2.37 bits per heavy atom. The Kier molecular flexibility index (Phi) is 4.59. The molecule has 0 aliphatic carbocycles. The fraction of sp³-hybridized carbons (Fsp3) is 0.562. The van der Waals surface area contributed by atoms with Crippen molar-refractivity contribution in [3.63, 3.8) is 0 Å². The summed E-state index contributed by atoms with van der Waals surface area (Å²) in [5, 5.41) is 3.08. The van der Waals surface area contributed by atoms with Gasteiger partial charge in [-0.25, -0.2) is 0 Å². The maximum Gasteiger partial charge on any atom is 0.223 e. The quantitative estimate of drug-likeness (QED) is 0.908.